The van der Waals surface area contributed by atoms with Crippen LogP contribution >= 0.6 is 22.9 Å². The van der Waals surface area contributed by atoms with E-state index in [0.717, 1.165) is 90.5 Å². The van der Waals surface area contributed by atoms with Crippen molar-refractivity contribution in [1.29, 1.82) is 0 Å². The monoisotopic (exact) mass is 1040 g/mol. The highest BCUT2D eigenvalue weighted by Gasteiger charge is 2.35. The Morgan fingerprint density at radius 2 is 1.53 bits per heavy atom. The summed E-state index contributed by atoms with van der Waals surface area (Å²) in [4.78, 5) is 46.6. The molecule has 73 heavy (non-hydrogen) atoms. The normalized spacial score (nSPS) is 16.5. The average Bonchev–Trinajstić information content (AvgIpc) is 4.02. The summed E-state index contributed by atoms with van der Waals surface area (Å²) >= 11 is 7.98. The third-order valence-electron chi connectivity index (χ3n) is 14.0. The first kappa shape index (κ1) is 52.7. The molecule has 2 fully saturated rings. The maximum Gasteiger partial charge on any atom is 0.405 e. The number of carbonyl (C=O) groups is 3. The molecule has 0 spiro atoms. The molecule has 386 valence electrons. The zero-order valence-corrected chi connectivity index (χ0v) is 42.7. The number of carbonyl (C=O) groups excluding carboxylic acids is 2. The summed E-state index contributed by atoms with van der Waals surface area (Å²) in [6.45, 7) is 12.4. The van der Waals surface area contributed by atoms with Crippen molar-refractivity contribution in [3.8, 4) is 33.6 Å². The number of halogens is 4. The van der Waals surface area contributed by atoms with Crippen molar-refractivity contribution in [2.75, 3.05) is 39.3 Å². The maximum absolute atomic E-state index is 14.1. The van der Waals surface area contributed by atoms with Gasteiger partial charge in [-0.2, -0.15) is 13.2 Å². The molecule has 0 aliphatic carbocycles. The second kappa shape index (κ2) is 22.2. The van der Waals surface area contributed by atoms with E-state index in [9.17, 15) is 33.0 Å². The first-order valence-corrected chi connectivity index (χ1v) is 25.4. The number of aliphatic imine (C=N–C) groups is 1. The van der Waals surface area contributed by atoms with Crippen LogP contribution in [0.25, 0.3) is 22.1 Å². The Balaban J connectivity index is 0.00000231. The van der Waals surface area contributed by atoms with Gasteiger partial charge in [0, 0.05) is 52.4 Å². The van der Waals surface area contributed by atoms with Gasteiger partial charge >= 0.3 is 6.18 Å². The Bertz CT molecular complexity index is 2990. The molecule has 3 aliphatic heterocycles. The zero-order chi connectivity index (χ0) is 52.3. The lowest BCUT2D eigenvalue weighted by Crippen LogP contribution is -2.43. The molecule has 3 aromatic heterocycles. The van der Waals surface area contributed by atoms with Gasteiger partial charge in [-0.15, -0.1) is 31.7 Å². The van der Waals surface area contributed by atoms with Crippen molar-refractivity contribution in [2.24, 2.45) is 16.8 Å². The number of alkyl halides is 3. The number of rotatable bonds is 12. The number of amides is 2. The van der Waals surface area contributed by atoms with Crippen LogP contribution < -0.4 is 5.32 Å². The van der Waals surface area contributed by atoms with Crippen molar-refractivity contribution in [3.05, 3.63) is 116 Å². The van der Waals surface area contributed by atoms with Gasteiger partial charge in [0.15, 0.2) is 11.6 Å². The van der Waals surface area contributed by atoms with E-state index < -0.39 is 24.7 Å². The smallest absolute Gasteiger partial charge is 0.405 e. The molecule has 16 nitrogen and oxygen atoms in total. The number of benzene rings is 3. The summed E-state index contributed by atoms with van der Waals surface area (Å²) in [5, 5.41) is 48.9. The van der Waals surface area contributed by atoms with Gasteiger partial charge < -0.3 is 30.4 Å². The minimum atomic E-state index is -4.64. The van der Waals surface area contributed by atoms with E-state index in [-0.39, 0.29) is 53.4 Å². The van der Waals surface area contributed by atoms with Gasteiger partial charge in [-0.25, -0.2) is 0 Å². The van der Waals surface area contributed by atoms with E-state index >= 15 is 0 Å². The molecule has 3 aromatic carbocycles. The molecular formula is C52H58ClF3N10O6S. The Labute approximate surface area is 429 Å². The first-order chi connectivity index (χ1) is 34.8. The zero-order valence-electron chi connectivity index (χ0n) is 41.2. The van der Waals surface area contributed by atoms with Crippen molar-refractivity contribution in [2.45, 2.75) is 91.3 Å². The van der Waals surface area contributed by atoms with Crippen molar-refractivity contribution in [1.82, 2.24) is 44.6 Å². The molecule has 2 saturated heterocycles. The van der Waals surface area contributed by atoms with Crippen molar-refractivity contribution in [3.63, 3.8) is 0 Å². The van der Waals surface area contributed by atoms with E-state index in [2.05, 4.69) is 43.7 Å². The van der Waals surface area contributed by atoms with Crippen LogP contribution in [0.4, 0.5) is 13.2 Å². The molecule has 0 saturated carbocycles. The Kier molecular flexibility index (Phi) is 16.0. The molecule has 2 amide bonds. The number of piperidine rings is 2. The van der Waals surface area contributed by atoms with Gasteiger partial charge in [0.25, 0.3) is 12.4 Å². The lowest BCUT2D eigenvalue weighted by atomic mass is 9.89. The average molecular weight is 1040 g/mol. The third-order valence-corrected chi connectivity index (χ3v) is 15.4. The number of aromatic hydroxyl groups is 2. The van der Waals surface area contributed by atoms with Crippen LogP contribution in [0.1, 0.15) is 113 Å². The topological polar surface area (TPSA) is 204 Å². The van der Waals surface area contributed by atoms with Gasteiger partial charge in [-0.3, -0.25) is 28.5 Å². The largest absolute Gasteiger partial charge is 0.508 e. The predicted octanol–water partition coefficient (Wildman–Crippen LogP) is 9.16. The number of likely N-dealkylation sites (tertiary alicyclic amines) is 2. The number of aryl methyl sites for hydroxylation is 2. The molecular weight excluding hydrogens is 985 g/mol. The lowest BCUT2D eigenvalue weighted by molar-refractivity contribution is -0.133. The predicted molar refractivity (Wildman–Crippen MR) is 271 cm³/mol. The number of aromatic nitrogens is 6. The fourth-order valence-electron chi connectivity index (χ4n) is 9.99. The minimum absolute atomic E-state index is 0.0342. The molecule has 21 heteroatoms. The standard InChI is InChI=1S/C51H56ClF3N10O4S.CH2O2/c1-28(2)38-23-39(42(67)25-41(38)66)46-59-61-48(49(69)56-27-51(53,54)55)65(46)37-12-6-32(7-13-37)22-33-14-18-62(19-15-33)26-34-16-20-63(21-17-34)43(68)24-40-47-60-58-31(5)64(47)50-44(29(3)30(4)70-50)45(57-40)35-8-10-36(52)11-9-35;2-1-3/h6-13,23,25,28,33-34,40,66-67H,14-22,24,26-27H2,1-5H3,(H,56,69);1H,(H,2,3)/t40-;/m0./s1. The fourth-order valence-corrected chi connectivity index (χ4v) is 11.3. The molecule has 9 rings (SSSR count). The number of fused-ring (bicyclic) bond motifs is 3. The summed E-state index contributed by atoms with van der Waals surface area (Å²) in [6.07, 6.45) is 0.279. The third kappa shape index (κ3) is 11.8. The van der Waals surface area contributed by atoms with Crippen LogP contribution in [0.3, 0.4) is 0 Å². The number of nitrogens with one attached hydrogen (secondary N) is 1. The molecule has 1 atom stereocenters. The van der Waals surface area contributed by atoms with Gasteiger partial charge in [0.1, 0.15) is 34.9 Å². The second-order valence-electron chi connectivity index (χ2n) is 19.2. The first-order valence-electron chi connectivity index (χ1n) is 24.2. The van der Waals surface area contributed by atoms with E-state index in [1.165, 1.54) is 15.5 Å². The van der Waals surface area contributed by atoms with Crippen LogP contribution in [0, 0.1) is 32.6 Å². The summed E-state index contributed by atoms with van der Waals surface area (Å²) < 4.78 is 42.7. The van der Waals surface area contributed by atoms with E-state index in [1.807, 2.05) is 67.4 Å². The number of thiophene rings is 1. The van der Waals surface area contributed by atoms with Crippen LogP contribution in [0.5, 0.6) is 11.5 Å². The minimum Gasteiger partial charge on any atom is -0.508 e. The number of hydrogen-bond donors (Lipinski definition) is 4. The van der Waals surface area contributed by atoms with Gasteiger partial charge in [0.2, 0.25) is 11.7 Å². The van der Waals surface area contributed by atoms with Crippen LogP contribution in [0.2, 0.25) is 5.02 Å². The number of phenolic OH excluding ortho intramolecular Hbond substituents is 2. The Hall–Kier alpha value is -6.64. The summed E-state index contributed by atoms with van der Waals surface area (Å²) in [5.41, 5.74) is 6.11. The number of nitrogens with zero attached hydrogens (tertiary/aromatic N) is 9. The summed E-state index contributed by atoms with van der Waals surface area (Å²) in [6, 6.07) is 17.3. The second-order valence-corrected chi connectivity index (χ2v) is 20.9. The Morgan fingerprint density at radius 3 is 2.18 bits per heavy atom. The van der Waals surface area contributed by atoms with E-state index in [1.54, 1.807) is 29.5 Å². The molecule has 6 aromatic rings. The van der Waals surface area contributed by atoms with Crippen LogP contribution in [0.15, 0.2) is 65.7 Å². The number of phenols is 2. The molecule has 0 radical (unpaired) electrons. The van der Waals surface area contributed by atoms with E-state index in [0.29, 0.717) is 47.0 Å². The van der Waals surface area contributed by atoms with Crippen LogP contribution in [-0.2, 0) is 16.0 Å². The Morgan fingerprint density at radius 1 is 0.877 bits per heavy atom. The van der Waals surface area contributed by atoms with Crippen LogP contribution in [-0.4, -0.2) is 124 Å². The quantitative estimate of drug-likeness (QED) is 0.0851. The van der Waals surface area contributed by atoms with E-state index in [4.69, 9.17) is 26.5 Å². The van der Waals surface area contributed by atoms with Crippen molar-refractivity contribution < 1.29 is 42.9 Å². The highest BCUT2D eigenvalue weighted by molar-refractivity contribution is 7.15. The maximum atomic E-state index is 14.1. The van der Waals surface area contributed by atoms with Gasteiger partial charge in [-0.05, 0) is 131 Å². The highest BCUT2D eigenvalue weighted by Crippen LogP contribution is 2.41. The van der Waals surface area contributed by atoms with Gasteiger partial charge in [0.05, 0.1) is 17.7 Å². The van der Waals surface area contributed by atoms with Gasteiger partial charge in [-0.1, -0.05) is 49.7 Å². The van der Waals surface area contributed by atoms with Crippen molar-refractivity contribution >= 4 is 46.9 Å². The number of hydrogen-bond acceptors (Lipinski definition) is 12. The summed E-state index contributed by atoms with van der Waals surface area (Å²) in [5.74, 6) is 0.410. The molecule has 0 bridgehead atoms. The summed E-state index contributed by atoms with van der Waals surface area (Å²) in [7, 11) is 0. The number of carboxylic acid groups (broad SMARTS) is 1. The highest BCUT2D eigenvalue weighted by atomic mass is 35.5. The lowest BCUT2D eigenvalue weighted by Gasteiger charge is -2.38. The molecule has 0 unspecified atom stereocenters. The molecule has 3 aliphatic rings. The SMILES string of the molecule is Cc1sc2c(c1C)C(c1ccc(Cl)cc1)=N[C@@H](CC(=O)N1CCC(CN3CCC(Cc4ccc(-n5c(C(=O)NCC(F)(F)F)nnc5-c5cc(C(C)C)c(O)cc5O)cc4)CC3)CC1)c1nnc(C)n1-2.O=CO. The fraction of sp³-hybridized carbons (Fsp3) is 0.423. The molecule has 6 heterocycles. The molecule has 4 N–H and O–H groups in total.